The van der Waals surface area contributed by atoms with Crippen LogP contribution in [0.15, 0.2) is 17.5 Å². The van der Waals surface area contributed by atoms with Gasteiger partial charge in [0.05, 0.1) is 12.1 Å². The summed E-state index contributed by atoms with van der Waals surface area (Å²) in [6, 6.07) is 2.06. The minimum atomic E-state index is -1.49. The van der Waals surface area contributed by atoms with Crippen LogP contribution in [0.4, 0.5) is 18.3 Å². The van der Waals surface area contributed by atoms with E-state index in [1.807, 2.05) is 0 Å². The van der Waals surface area contributed by atoms with Gasteiger partial charge in [-0.1, -0.05) is 6.07 Å². The molecule has 0 aliphatic rings. The molecule has 3 N–H and O–H groups in total. The molecular formula is C13H10F3N5S. The van der Waals surface area contributed by atoms with Gasteiger partial charge in [0.25, 0.3) is 0 Å². The second kappa shape index (κ2) is 5.76. The van der Waals surface area contributed by atoms with Gasteiger partial charge < -0.3 is 5.73 Å². The second-order valence-electron chi connectivity index (χ2n) is 4.56. The number of nitrogens with one attached hydrogen (secondary N) is 1. The molecule has 114 valence electrons. The molecule has 0 fully saturated rings. The lowest BCUT2D eigenvalue weighted by Crippen LogP contribution is -2.00. The van der Waals surface area contributed by atoms with Gasteiger partial charge >= 0.3 is 0 Å². The van der Waals surface area contributed by atoms with Crippen molar-refractivity contribution in [3.63, 3.8) is 0 Å². The number of nitrogens with zero attached hydrogens (tertiary/aromatic N) is 3. The highest BCUT2D eigenvalue weighted by atomic mass is 32.1. The third kappa shape index (κ3) is 2.93. The van der Waals surface area contributed by atoms with E-state index in [0.717, 1.165) is 11.8 Å². The molecule has 5 nitrogen and oxygen atoms in total. The minimum absolute atomic E-state index is 0.000460. The number of aromatic amines is 1. The van der Waals surface area contributed by atoms with E-state index < -0.39 is 17.5 Å². The van der Waals surface area contributed by atoms with Gasteiger partial charge in [-0.2, -0.15) is 5.10 Å². The highest BCUT2D eigenvalue weighted by Crippen LogP contribution is 2.18. The summed E-state index contributed by atoms with van der Waals surface area (Å²) in [5.41, 5.74) is 6.26. The summed E-state index contributed by atoms with van der Waals surface area (Å²) in [7, 11) is 0. The van der Waals surface area contributed by atoms with Crippen LogP contribution in [0.5, 0.6) is 0 Å². The fraction of sp³-hybridized carbons (Fsp3) is 0.154. The lowest BCUT2D eigenvalue weighted by atomic mass is 10.1. The van der Waals surface area contributed by atoms with Gasteiger partial charge in [-0.25, -0.2) is 23.1 Å². The lowest BCUT2D eigenvalue weighted by Gasteiger charge is -2.02. The van der Waals surface area contributed by atoms with Crippen LogP contribution in [0.1, 0.15) is 22.9 Å². The number of thiazole rings is 1. The number of anilines is 1. The quantitative estimate of drug-likeness (QED) is 0.722. The Balaban J connectivity index is 1.76. The molecule has 9 heteroatoms. The highest BCUT2D eigenvalue weighted by Gasteiger charge is 2.15. The Kier molecular flexibility index (Phi) is 3.80. The van der Waals surface area contributed by atoms with Crippen molar-refractivity contribution in [1.82, 2.24) is 20.2 Å². The molecule has 0 aliphatic heterocycles. The van der Waals surface area contributed by atoms with E-state index >= 15 is 0 Å². The fourth-order valence-corrected chi connectivity index (χ4v) is 2.50. The van der Waals surface area contributed by atoms with Gasteiger partial charge in [0, 0.05) is 11.8 Å². The number of hydrogen-bond donors (Lipinski definition) is 2. The van der Waals surface area contributed by atoms with E-state index in [9.17, 15) is 13.2 Å². The van der Waals surface area contributed by atoms with Gasteiger partial charge in [-0.3, -0.25) is 5.10 Å². The number of H-pyrrole nitrogens is 1. The number of nitrogens with two attached hydrogens (primary N) is 1. The Bertz CT molecular complexity index is 814. The zero-order chi connectivity index (χ0) is 15.7. The van der Waals surface area contributed by atoms with E-state index in [4.69, 9.17) is 5.73 Å². The van der Waals surface area contributed by atoms with Crippen LogP contribution < -0.4 is 5.73 Å². The monoisotopic (exact) mass is 325 g/mol. The summed E-state index contributed by atoms with van der Waals surface area (Å²) < 4.78 is 39.7. The molecule has 22 heavy (non-hydrogen) atoms. The third-order valence-electron chi connectivity index (χ3n) is 2.96. The maximum absolute atomic E-state index is 13.6. The molecule has 1 aromatic carbocycles. The van der Waals surface area contributed by atoms with Crippen molar-refractivity contribution >= 4 is 16.5 Å². The van der Waals surface area contributed by atoms with Crippen molar-refractivity contribution in [2.75, 3.05) is 5.73 Å². The summed E-state index contributed by atoms with van der Waals surface area (Å²) in [6.45, 7) is 0. The Labute approximate surface area is 127 Å². The standard InChI is InChI=1S/C13H10F3N5S/c14-8-2-1-6(11(15)12(8)16)3-9-19-10(21-20-9)4-7-5-22-13(17)18-7/h1-2,5H,3-4H2,(H2,17,18)(H,19,20,21). The zero-order valence-corrected chi connectivity index (χ0v) is 11.9. The average Bonchev–Trinajstić information content (AvgIpc) is 3.09. The van der Waals surface area contributed by atoms with Crippen LogP contribution in [-0.2, 0) is 12.8 Å². The first-order chi connectivity index (χ1) is 10.5. The predicted molar refractivity (Wildman–Crippen MR) is 74.8 cm³/mol. The van der Waals surface area contributed by atoms with Gasteiger partial charge in [0.1, 0.15) is 5.82 Å². The van der Waals surface area contributed by atoms with E-state index in [-0.39, 0.29) is 12.0 Å². The number of hydrogen-bond acceptors (Lipinski definition) is 5. The number of nitrogen functional groups attached to an aromatic ring is 1. The van der Waals surface area contributed by atoms with Crippen LogP contribution >= 0.6 is 11.3 Å². The molecule has 3 aromatic rings. The van der Waals surface area contributed by atoms with Gasteiger partial charge in [-0.05, 0) is 11.6 Å². The van der Waals surface area contributed by atoms with Crippen molar-refractivity contribution in [3.05, 3.63) is 57.9 Å². The van der Waals surface area contributed by atoms with Crippen molar-refractivity contribution in [2.45, 2.75) is 12.8 Å². The largest absolute Gasteiger partial charge is 0.375 e. The third-order valence-corrected chi connectivity index (χ3v) is 3.68. The van der Waals surface area contributed by atoms with E-state index in [1.54, 1.807) is 5.38 Å². The maximum Gasteiger partial charge on any atom is 0.194 e. The summed E-state index contributed by atoms with van der Waals surface area (Å²) in [5, 5.41) is 8.87. The van der Waals surface area contributed by atoms with Gasteiger partial charge in [0.15, 0.2) is 28.4 Å². The predicted octanol–water partition coefficient (Wildman–Crippen LogP) is 2.44. The summed E-state index contributed by atoms with van der Waals surface area (Å²) in [6.07, 6.45) is 0.361. The minimum Gasteiger partial charge on any atom is -0.375 e. The van der Waals surface area contributed by atoms with Crippen LogP contribution in [-0.4, -0.2) is 20.2 Å². The summed E-state index contributed by atoms with van der Waals surface area (Å²) >= 11 is 1.31. The van der Waals surface area contributed by atoms with Crippen LogP contribution in [0.2, 0.25) is 0 Å². The van der Waals surface area contributed by atoms with Crippen molar-refractivity contribution < 1.29 is 13.2 Å². The Morgan fingerprint density at radius 3 is 2.64 bits per heavy atom. The normalized spacial score (nSPS) is 11.0. The topological polar surface area (TPSA) is 80.5 Å². The van der Waals surface area contributed by atoms with Gasteiger partial charge in [-0.15, -0.1) is 11.3 Å². The lowest BCUT2D eigenvalue weighted by molar-refractivity contribution is 0.441. The van der Waals surface area contributed by atoms with Crippen molar-refractivity contribution in [1.29, 1.82) is 0 Å². The molecule has 2 heterocycles. The number of aromatic nitrogens is 4. The van der Waals surface area contributed by atoms with Crippen LogP contribution in [0.3, 0.4) is 0 Å². The fourth-order valence-electron chi connectivity index (χ4n) is 1.94. The Hall–Kier alpha value is -2.42. The second-order valence-corrected chi connectivity index (χ2v) is 5.45. The summed E-state index contributed by atoms with van der Waals surface area (Å²) in [4.78, 5) is 8.26. The van der Waals surface area contributed by atoms with Crippen LogP contribution in [0.25, 0.3) is 0 Å². The molecule has 0 radical (unpaired) electrons. The number of benzene rings is 1. The molecule has 0 bridgehead atoms. The molecule has 0 unspecified atom stereocenters. The zero-order valence-electron chi connectivity index (χ0n) is 11.1. The molecule has 0 spiro atoms. The Morgan fingerprint density at radius 1 is 1.09 bits per heavy atom. The van der Waals surface area contributed by atoms with E-state index in [1.165, 1.54) is 17.4 Å². The first-order valence-electron chi connectivity index (χ1n) is 6.25. The molecule has 0 aliphatic carbocycles. The molecule has 0 saturated carbocycles. The number of rotatable bonds is 4. The first kappa shape index (κ1) is 14.5. The average molecular weight is 325 g/mol. The molecule has 3 rings (SSSR count). The first-order valence-corrected chi connectivity index (χ1v) is 7.13. The molecule has 0 amide bonds. The number of halogens is 3. The maximum atomic E-state index is 13.6. The highest BCUT2D eigenvalue weighted by molar-refractivity contribution is 7.13. The molecule has 0 saturated heterocycles. The Morgan fingerprint density at radius 2 is 1.91 bits per heavy atom. The van der Waals surface area contributed by atoms with Gasteiger partial charge in [0.2, 0.25) is 0 Å². The smallest absolute Gasteiger partial charge is 0.194 e. The van der Waals surface area contributed by atoms with E-state index in [2.05, 4.69) is 20.2 Å². The molecular weight excluding hydrogens is 315 g/mol. The van der Waals surface area contributed by atoms with E-state index in [0.29, 0.717) is 23.2 Å². The van der Waals surface area contributed by atoms with Crippen molar-refractivity contribution in [3.8, 4) is 0 Å². The molecule has 2 aromatic heterocycles. The van der Waals surface area contributed by atoms with Crippen molar-refractivity contribution in [2.24, 2.45) is 0 Å². The summed E-state index contributed by atoms with van der Waals surface area (Å²) in [5.74, 6) is -3.12. The van der Waals surface area contributed by atoms with Crippen LogP contribution in [0, 0.1) is 17.5 Å². The molecule has 0 atom stereocenters. The SMILES string of the molecule is Nc1nc(Cc2n[nH]c(Cc3ccc(F)c(F)c3F)n2)cs1.